The van der Waals surface area contributed by atoms with Crippen LogP contribution in [-0.2, 0) is 17.9 Å². The third-order valence-electron chi connectivity index (χ3n) is 5.15. The van der Waals surface area contributed by atoms with Gasteiger partial charge < -0.3 is 14.7 Å². The van der Waals surface area contributed by atoms with E-state index in [1.807, 2.05) is 25.1 Å². The fourth-order valence-electron chi connectivity index (χ4n) is 3.78. The summed E-state index contributed by atoms with van der Waals surface area (Å²) < 4.78 is 5.68. The predicted octanol–water partition coefficient (Wildman–Crippen LogP) is 2.16. The van der Waals surface area contributed by atoms with Crippen molar-refractivity contribution < 1.29 is 14.6 Å². The second-order valence-corrected chi connectivity index (χ2v) is 6.88. The first-order valence-corrected chi connectivity index (χ1v) is 9.04. The van der Waals surface area contributed by atoms with Gasteiger partial charge in [-0.25, -0.2) is 0 Å². The van der Waals surface area contributed by atoms with Crippen LogP contribution in [0.5, 0.6) is 5.75 Å². The summed E-state index contributed by atoms with van der Waals surface area (Å²) >= 11 is 0. The van der Waals surface area contributed by atoms with Crippen LogP contribution in [0.1, 0.15) is 44.2 Å². The number of hydrogen-bond donors (Lipinski definition) is 1. The molecule has 0 radical (unpaired) electrons. The van der Waals surface area contributed by atoms with E-state index in [4.69, 9.17) is 4.74 Å². The second kappa shape index (κ2) is 7.53. The van der Waals surface area contributed by atoms with Crippen LogP contribution < -0.4 is 4.74 Å². The highest BCUT2D eigenvalue weighted by Gasteiger charge is 2.39. The number of aliphatic hydroxyl groups is 1. The quantitative estimate of drug-likeness (QED) is 0.867. The fraction of sp³-hybridized carbons (Fsp3) is 0.632. The molecule has 1 aromatic carbocycles. The van der Waals surface area contributed by atoms with Gasteiger partial charge in [0.2, 0.25) is 5.91 Å². The number of carbonyl (C=O) groups excluding carboxylic acids is 1. The highest BCUT2D eigenvalue weighted by molar-refractivity contribution is 5.83. The molecule has 1 amide bonds. The minimum absolute atomic E-state index is 0.0300. The molecule has 2 fully saturated rings. The van der Waals surface area contributed by atoms with Crippen molar-refractivity contribution in [2.24, 2.45) is 0 Å². The minimum atomic E-state index is -0.0760. The lowest BCUT2D eigenvalue weighted by Gasteiger charge is -2.41. The van der Waals surface area contributed by atoms with Crippen LogP contribution in [-0.4, -0.2) is 52.6 Å². The van der Waals surface area contributed by atoms with Crippen molar-refractivity contribution >= 4 is 5.91 Å². The van der Waals surface area contributed by atoms with Gasteiger partial charge >= 0.3 is 0 Å². The smallest absolute Gasteiger partial charge is 0.239 e. The summed E-state index contributed by atoms with van der Waals surface area (Å²) in [5.74, 6) is 1.02. The van der Waals surface area contributed by atoms with E-state index in [1.54, 1.807) is 0 Å². The Morgan fingerprint density at radius 2 is 2.21 bits per heavy atom. The molecule has 24 heavy (non-hydrogen) atoms. The average Bonchev–Trinajstić information content (AvgIpc) is 3.06. The maximum absolute atomic E-state index is 12.5. The number of piperazine rings is 1. The zero-order chi connectivity index (χ0) is 17.1. The van der Waals surface area contributed by atoms with E-state index in [9.17, 15) is 9.90 Å². The van der Waals surface area contributed by atoms with Gasteiger partial charge in [0, 0.05) is 31.2 Å². The molecule has 2 saturated heterocycles. The molecule has 132 valence electrons. The monoisotopic (exact) mass is 332 g/mol. The summed E-state index contributed by atoms with van der Waals surface area (Å²) in [6, 6.07) is 6.28. The van der Waals surface area contributed by atoms with Crippen molar-refractivity contribution in [3.8, 4) is 5.75 Å². The Kier molecular flexibility index (Phi) is 5.41. The molecule has 0 bridgehead atoms. The molecule has 0 aromatic heterocycles. The van der Waals surface area contributed by atoms with Crippen LogP contribution >= 0.6 is 0 Å². The maximum atomic E-state index is 12.5. The number of ether oxygens (including phenoxy) is 1. The lowest BCUT2D eigenvalue weighted by atomic mass is 10.0. The Hall–Kier alpha value is -1.59. The van der Waals surface area contributed by atoms with E-state index in [-0.39, 0.29) is 18.6 Å². The average molecular weight is 332 g/mol. The molecule has 0 unspecified atom stereocenters. The second-order valence-electron chi connectivity index (χ2n) is 6.88. The van der Waals surface area contributed by atoms with E-state index in [0.29, 0.717) is 12.6 Å². The number of nitrogens with zero attached hydrogens (tertiary/aromatic N) is 2. The topological polar surface area (TPSA) is 53.0 Å². The van der Waals surface area contributed by atoms with E-state index in [0.717, 1.165) is 55.8 Å². The molecule has 2 heterocycles. The molecule has 2 aliphatic rings. The highest BCUT2D eigenvalue weighted by Crippen LogP contribution is 2.28. The summed E-state index contributed by atoms with van der Waals surface area (Å²) in [6.45, 7) is 7.28. The van der Waals surface area contributed by atoms with Crippen molar-refractivity contribution in [1.29, 1.82) is 0 Å². The SMILES string of the molecule is CCCOc1ccc(CN2C[C@@H]3CCCN3C(=O)[C@@H]2C)cc1CO. The summed E-state index contributed by atoms with van der Waals surface area (Å²) in [6.07, 6.45) is 3.17. The number of benzene rings is 1. The number of fused-ring (bicyclic) bond motifs is 1. The molecule has 3 rings (SSSR count). The van der Waals surface area contributed by atoms with Crippen LogP contribution in [0.3, 0.4) is 0 Å². The summed E-state index contributed by atoms with van der Waals surface area (Å²) in [4.78, 5) is 16.8. The Bertz CT molecular complexity index is 590. The molecule has 2 atom stereocenters. The number of amides is 1. The first-order valence-electron chi connectivity index (χ1n) is 9.04. The predicted molar refractivity (Wildman–Crippen MR) is 92.8 cm³/mol. The Balaban J connectivity index is 1.72. The first-order chi connectivity index (χ1) is 11.6. The molecule has 0 saturated carbocycles. The Morgan fingerprint density at radius 1 is 1.38 bits per heavy atom. The van der Waals surface area contributed by atoms with Gasteiger partial charge in [-0.15, -0.1) is 0 Å². The van der Waals surface area contributed by atoms with Crippen molar-refractivity contribution in [3.63, 3.8) is 0 Å². The van der Waals surface area contributed by atoms with Crippen LogP contribution in [0.25, 0.3) is 0 Å². The largest absolute Gasteiger partial charge is 0.493 e. The highest BCUT2D eigenvalue weighted by atomic mass is 16.5. The van der Waals surface area contributed by atoms with Crippen LogP contribution in [0.15, 0.2) is 18.2 Å². The molecule has 0 spiro atoms. The third kappa shape index (κ3) is 3.42. The van der Waals surface area contributed by atoms with Gasteiger partial charge in [0.05, 0.1) is 19.3 Å². The zero-order valence-corrected chi connectivity index (χ0v) is 14.7. The van der Waals surface area contributed by atoms with E-state index < -0.39 is 0 Å². The van der Waals surface area contributed by atoms with Crippen molar-refractivity contribution in [2.45, 2.75) is 58.3 Å². The number of rotatable bonds is 6. The van der Waals surface area contributed by atoms with Gasteiger partial charge in [-0.05, 0) is 43.9 Å². The van der Waals surface area contributed by atoms with Crippen molar-refractivity contribution in [1.82, 2.24) is 9.80 Å². The molecule has 5 heteroatoms. The van der Waals surface area contributed by atoms with Gasteiger partial charge in [0.25, 0.3) is 0 Å². The molecule has 1 N–H and O–H groups in total. The zero-order valence-electron chi connectivity index (χ0n) is 14.7. The lowest BCUT2D eigenvalue weighted by molar-refractivity contribution is -0.143. The Labute approximate surface area is 144 Å². The number of aliphatic hydroxyl groups excluding tert-OH is 1. The molecule has 0 aliphatic carbocycles. The lowest BCUT2D eigenvalue weighted by Crippen LogP contribution is -2.58. The Morgan fingerprint density at radius 3 is 2.96 bits per heavy atom. The van der Waals surface area contributed by atoms with Gasteiger partial charge in [-0.3, -0.25) is 9.69 Å². The van der Waals surface area contributed by atoms with Gasteiger partial charge in [0.15, 0.2) is 0 Å². The van der Waals surface area contributed by atoms with E-state index in [1.165, 1.54) is 0 Å². The third-order valence-corrected chi connectivity index (χ3v) is 5.15. The molecule has 5 nitrogen and oxygen atoms in total. The van der Waals surface area contributed by atoms with Crippen molar-refractivity contribution in [3.05, 3.63) is 29.3 Å². The minimum Gasteiger partial charge on any atom is -0.493 e. The summed E-state index contributed by atoms with van der Waals surface area (Å²) in [5, 5.41) is 9.61. The van der Waals surface area contributed by atoms with Crippen LogP contribution in [0.2, 0.25) is 0 Å². The number of carbonyl (C=O) groups is 1. The molecular formula is C19H28N2O3. The normalized spacial score (nSPS) is 24.3. The van der Waals surface area contributed by atoms with Crippen molar-refractivity contribution in [2.75, 3.05) is 19.7 Å². The summed E-state index contributed by atoms with van der Waals surface area (Å²) in [5.41, 5.74) is 1.94. The maximum Gasteiger partial charge on any atom is 0.239 e. The van der Waals surface area contributed by atoms with Gasteiger partial charge in [-0.2, -0.15) is 0 Å². The van der Waals surface area contributed by atoms with Crippen LogP contribution in [0.4, 0.5) is 0 Å². The van der Waals surface area contributed by atoms with Crippen LogP contribution in [0, 0.1) is 0 Å². The fourth-order valence-corrected chi connectivity index (χ4v) is 3.78. The first kappa shape index (κ1) is 17.2. The standard InChI is InChI=1S/C19H28N2O3/c1-3-9-24-18-7-6-15(10-16(18)13-22)11-20-12-17-5-4-8-21(17)19(23)14(20)2/h6-7,10,14,17,22H,3-5,8-9,11-13H2,1-2H3/t14-,17-/m0/s1. The van der Waals surface area contributed by atoms with Gasteiger partial charge in [0.1, 0.15) is 5.75 Å². The van der Waals surface area contributed by atoms with E-state index in [2.05, 4.69) is 16.7 Å². The van der Waals surface area contributed by atoms with E-state index >= 15 is 0 Å². The molecular weight excluding hydrogens is 304 g/mol. The summed E-state index contributed by atoms with van der Waals surface area (Å²) in [7, 11) is 0. The van der Waals surface area contributed by atoms with Gasteiger partial charge in [-0.1, -0.05) is 13.0 Å². The molecule has 1 aromatic rings. The molecule has 2 aliphatic heterocycles. The number of hydrogen-bond acceptors (Lipinski definition) is 4.